The van der Waals surface area contributed by atoms with Gasteiger partial charge < -0.3 is 0 Å². The second-order valence-corrected chi connectivity index (χ2v) is 3.16. The summed E-state index contributed by atoms with van der Waals surface area (Å²) < 4.78 is 0. The Morgan fingerprint density at radius 3 is 2.69 bits per heavy atom. The summed E-state index contributed by atoms with van der Waals surface area (Å²) >= 11 is 0. The summed E-state index contributed by atoms with van der Waals surface area (Å²) in [6.45, 7) is 0. The Labute approximate surface area is 90.8 Å². The Kier molecular flexibility index (Phi) is 1.93. The number of aromatic nitrogens is 4. The van der Waals surface area contributed by atoms with Crippen molar-refractivity contribution < 1.29 is 0 Å². The van der Waals surface area contributed by atoms with Gasteiger partial charge in [0, 0.05) is 18.5 Å². The van der Waals surface area contributed by atoms with Crippen molar-refractivity contribution in [1.82, 2.24) is 25.8 Å². The first kappa shape index (κ1) is 8.72. The zero-order chi connectivity index (χ0) is 10.8. The SMILES string of the molecule is C1=NN(c2cc[nH]n2)NC(c2cc[nH]n2)=C1. The summed E-state index contributed by atoms with van der Waals surface area (Å²) in [5.74, 6) is 0.692. The minimum atomic E-state index is 0.692. The molecule has 0 fully saturated rings. The summed E-state index contributed by atoms with van der Waals surface area (Å²) in [4.78, 5) is 0. The fourth-order valence-corrected chi connectivity index (χ4v) is 1.39. The van der Waals surface area contributed by atoms with Crippen molar-refractivity contribution >= 4 is 17.7 Å². The number of hydrogen-bond donors (Lipinski definition) is 3. The lowest BCUT2D eigenvalue weighted by molar-refractivity contribution is 0.766. The first-order valence-electron chi connectivity index (χ1n) is 4.74. The molecule has 0 radical (unpaired) electrons. The molecule has 0 atom stereocenters. The van der Waals surface area contributed by atoms with Crippen molar-refractivity contribution in [3.63, 3.8) is 0 Å². The maximum absolute atomic E-state index is 4.13. The van der Waals surface area contributed by atoms with E-state index in [1.165, 1.54) is 0 Å². The van der Waals surface area contributed by atoms with Crippen LogP contribution in [0.5, 0.6) is 0 Å². The highest BCUT2D eigenvalue weighted by Gasteiger charge is 2.13. The van der Waals surface area contributed by atoms with E-state index in [4.69, 9.17) is 0 Å². The van der Waals surface area contributed by atoms with Crippen LogP contribution in [0, 0.1) is 0 Å². The average Bonchev–Trinajstić information content (AvgIpc) is 3.03. The maximum Gasteiger partial charge on any atom is 0.193 e. The summed E-state index contributed by atoms with van der Waals surface area (Å²) in [7, 11) is 0. The highest BCUT2D eigenvalue weighted by molar-refractivity contribution is 5.85. The maximum atomic E-state index is 4.13. The van der Waals surface area contributed by atoms with Gasteiger partial charge in [0.2, 0.25) is 0 Å². The standard InChI is InChI=1S/C9H9N7/c1-4-10-13-7(1)8-2-6-12-16(15-8)9-3-5-11-14-9/h1-6,15H,(H,10,13)(H,11,14). The first-order chi connectivity index (χ1) is 7.93. The summed E-state index contributed by atoms with van der Waals surface area (Å²) in [6.07, 6.45) is 7.04. The van der Waals surface area contributed by atoms with Crippen LogP contribution in [-0.4, -0.2) is 26.6 Å². The van der Waals surface area contributed by atoms with Gasteiger partial charge in [-0.05, 0) is 12.1 Å². The molecule has 0 amide bonds. The molecule has 0 aromatic carbocycles. The highest BCUT2D eigenvalue weighted by atomic mass is 15.7. The van der Waals surface area contributed by atoms with E-state index in [0.717, 1.165) is 11.4 Å². The molecule has 3 N–H and O–H groups in total. The lowest BCUT2D eigenvalue weighted by atomic mass is 10.3. The highest BCUT2D eigenvalue weighted by Crippen LogP contribution is 2.14. The van der Waals surface area contributed by atoms with Gasteiger partial charge in [0.25, 0.3) is 0 Å². The Morgan fingerprint density at radius 1 is 1.06 bits per heavy atom. The fourth-order valence-electron chi connectivity index (χ4n) is 1.39. The zero-order valence-corrected chi connectivity index (χ0v) is 8.25. The molecule has 0 unspecified atom stereocenters. The van der Waals surface area contributed by atoms with Crippen molar-refractivity contribution in [2.24, 2.45) is 5.10 Å². The van der Waals surface area contributed by atoms with E-state index in [-0.39, 0.29) is 0 Å². The number of H-pyrrole nitrogens is 2. The molecule has 0 saturated heterocycles. The smallest absolute Gasteiger partial charge is 0.193 e. The van der Waals surface area contributed by atoms with Crippen LogP contribution in [0.25, 0.3) is 5.70 Å². The lowest BCUT2D eigenvalue weighted by Crippen LogP contribution is -2.34. The zero-order valence-electron chi connectivity index (χ0n) is 8.25. The van der Waals surface area contributed by atoms with Crippen LogP contribution in [-0.2, 0) is 0 Å². The van der Waals surface area contributed by atoms with Crippen LogP contribution in [0.15, 0.2) is 35.7 Å². The average molecular weight is 215 g/mol. The van der Waals surface area contributed by atoms with Crippen LogP contribution >= 0.6 is 0 Å². The summed E-state index contributed by atoms with van der Waals surface area (Å²) in [5.41, 5.74) is 4.78. The van der Waals surface area contributed by atoms with Gasteiger partial charge >= 0.3 is 0 Å². The van der Waals surface area contributed by atoms with Crippen molar-refractivity contribution in [1.29, 1.82) is 0 Å². The normalized spacial score (nSPS) is 14.8. The molecule has 7 heteroatoms. The van der Waals surface area contributed by atoms with E-state index in [1.807, 2.05) is 18.2 Å². The number of hydrogen-bond acceptors (Lipinski definition) is 5. The van der Waals surface area contributed by atoms with E-state index in [1.54, 1.807) is 23.7 Å². The minimum Gasteiger partial charge on any atom is -0.285 e. The van der Waals surface area contributed by atoms with E-state index in [0.29, 0.717) is 5.82 Å². The topological polar surface area (TPSA) is 85.0 Å². The molecule has 2 aromatic heterocycles. The third-order valence-electron chi connectivity index (χ3n) is 2.13. The second-order valence-electron chi connectivity index (χ2n) is 3.16. The van der Waals surface area contributed by atoms with Crippen molar-refractivity contribution in [2.45, 2.75) is 0 Å². The summed E-state index contributed by atoms with van der Waals surface area (Å²) in [5, 5.41) is 19.3. The van der Waals surface area contributed by atoms with Crippen molar-refractivity contribution in [3.8, 4) is 0 Å². The van der Waals surface area contributed by atoms with E-state index in [9.17, 15) is 0 Å². The molecule has 2 aromatic rings. The van der Waals surface area contributed by atoms with E-state index < -0.39 is 0 Å². The van der Waals surface area contributed by atoms with Gasteiger partial charge in [-0.15, -0.1) is 0 Å². The van der Waals surface area contributed by atoms with Crippen LogP contribution in [0.1, 0.15) is 5.69 Å². The molecule has 7 nitrogen and oxygen atoms in total. The quantitative estimate of drug-likeness (QED) is 0.680. The van der Waals surface area contributed by atoms with Gasteiger partial charge in [-0.1, -0.05) is 0 Å². The van der Waals surface area contributed by atoms with Gasteiger partial charge in [-0.2, -0.15) is 20.4 Å². The Morgan fingerprint density at radius 2 is 1.94 bits per heavy atom. The van der Waals surface area contributed by atoms with Gasteiger partial charge in [0.15, 0.2) is 5.82 Å². The molecule has 3 heterocycles. The van der Waals surface area contributed by atoms with Crippen LogP contribution < -0.4 is 10.5 Å². The molecule has 16 heavy (non-hydrogen) atoms. The number of nitrogens with zero attached hydrogens (tertiary/aromatic N) is 4. The molecule has 80 valence electrons. The number of rotatable bonds is 2. The van der Waals surface area contributed by atoms with E-state index in [2.05, 4.69) is 30.9 Å². The summed E-state index contributed by atoms with van der Waals surface area (Å²) in [6, 6.07) is 3.69. The number of nitrogens with one attached hydrogen (secondary N) is 3. The Bertz CT molecular complexity index is 508. The largest absolute Gasteiger partial charge is 0.285 e. The van der Waals surface area contributed by atoms with Gasteiger partial charge in [-0.25, -0.2) is 0 Å². The monoisotopic (exact) mass is 215 g/mol. The molecular weight excluding hydrogens is 206 g/mol. The molecular formula is C9H9N7. The number of anilines is 1. The molecule has 3 rings (SSSR count). The molecule has 1 aliphatic rings. The lowest BCUT2D eigenvalue weighted by Gasteiger charge is -2.21. The van der Waals surface area contributed by atoms with Gasteiger partial charge in [-0.3, -0.25) is 15.6 Å². The fraction of sp³-hybridized carbons (Fsp3) is 0. The molecule has 1 aliphatic heterocycles. The first-order valence-corrected chi connectivity index (χ1v) is 4.74. The van der Waals surface area contributed by atoms with Crippen LogP contribution in [0.2, 0.25) is 0 Å². The van der Waals surface area contributed by atoms with Crippen molar-refractivity contribution in [3.05, 3.63) is 36.3 Å². The van der Waals surface area contributed by atoms with Gasteiger partial charge in [0.1, 0.15) is 5.69 Å². The number of hydrazone groups is 1. The molecule has 0 bridgehead atoms. The predicted molar refractivity (Wildman–Crippen MR) is 59.3 cm³/mol. The Hall–Kier alpha value is -2.57. The molecule has 0 saturated carbocycles. The van der Waals surface area contributed by atoms with E-state index >= 15 is 0 Å². The minimum absolute atomic E-state index is 0.692. The van der Waals surface area contributed by atoms with Gasteiger partial charge in [0.05, 0.1) is 11.9 Å². The van der Waals surface area contributed by atoms with Crippen LogP contribution in [0.3, 0.4) is 0 Å². The number of allylic oxidation sites excluding steroid dienone is 1. The second kappa shape index (κ2) is 3.54. The third-order valence-corrected chi connectivity index (χ3v) is 2.13. The van der Waals surface area contributed by atoms with Crippen molar-refractivity contribution in [2.75, 3.05) is 5.12 Å². The third kappa shape index (κ3) is 1.44. The predicted octanol–water partition coefficient (Wildman–Crippen LogP) is 0.484. The molecule has 0 spiro atoms. The number of hydrazine groups is 1. The van der Waals surface area contributed by atoms with Crippen LogP contribution in [0.4, 0.5) is 5.82 Å². The number of aromatic amines is 2. The Balaban J connectivity index is 1.85. The molecule has 0 aliphatic carbocycles.